The summed E-state index contributed by atoms with van der Waals surface area (Å²) in [5.74, 6) is 2.71. The lowest BCUT2D eigenvalue weighted by atomic mass is 9.95. The van der Waals surface area contributed by atoms with Crippen LogP contribution in [0.5, 0.6) is 0 Å². The first-order valence-corrected chi connectivity index (χ1v) is 9.61. The number of sulfonamides is 1. The summed E-state index contributed by atoms with van der Waals surface area (Å²) in [5.41, 5.74) is -0.499. The molecule has 0 radical (unpaired) electrons. The van der Waals surface area contributed by atoms with Gasteiger partial charge in [0.25, 0.3) is 0 Å². The molecule has 1 unspecified atom stereocenters. The fourth-order valence-corrected chi connectivity index (χ4v) is 3.78. The maximum atomic E-state index is 12.0. The highest BCUT2D eigenvalue weighted by Gasteiger charge is 2.27. The third-order valence-electron chi connectivity index (χ3n) is 3.67. The highest BCUT2D eigenvalue weighted by Crippen LogP contribution is 2.22. The van der Waals surface area contributed by atoms with Crippen molar-refractivity contribution in [1.82, 2.24) is 9.62 Å². The number of hydrogen-bond acceptors (Lipinski definition) is 4. The standard InChI is InChI=1S/C16H28N2O4S/c1-6-13(2)17-23(20,21)12-9-14-7-10-18(11-8-14)15(19)22-16(3,4)5/h1,13-14,17H,7-12H2,2-5H3. The van der Waals surface area contributed by atoms with Crippen molar-refractivity contribution in [3.63, 3.8) is 0 Å². The van der Waals surface area contributed by atoms with E-state index in [1.54, 1.807) is 11.8 Å². The Balaban J connectivity index is 2.37. The molecule has 23 heavy (non-hydrogen) atoms. The van der Waals surface area contributed by atoms with Crippen molar-refractivity contribution >= 4 is 16.1 Å². The van der Waals surface area contributed by atoms with Crippen molar-refractivity contribution in [3.8, 4) is 12.3 Å². The summed E-state index contributed by atoms with van der Waals surface area (Å²) >= 11 is 0. The van der Waals surface area contributed by atoms with E-state index in [1.807, 2.05) is 20.8 Å². The van der Waals surface area contributed by atoms with Crippen LogP contribution in [-0.4, -0.2) is 49.9 Å². The van der Waals surface area contributed by atoms with Crippen LogP contribution in [0.15, 0.2) is 0 Å². The van der Waals surface area contributed by atoms with Crippen LogP contribution in [0.25, 0.3) is 0 Å². The topological polar surface area (TPSA) is 75.7 Å². The van der Waals surface area contributed by atoms with Crippen molar-refractivity contribution in [3.05, 3.63) is 0 Å². The van der Waals surface area contributed by atoms with Gasteiger partial charge >= 0.3 is 6.09 Å². The second-order valence-corrected chi connectivity index (χ2v) is 8.90. The lowest BCUT2D eigenvalue weighted by Gasteiger charge is -2.33. The normalized spacial score (nSPS) is 18.3. The minimum absolute atomic E-state index is 0.0656. The van der Waals surface area contributed by atoms with Crippen LogP contribution in [-0.2, 0) is 14.8 Å². The zero-order valence-corrected chi connectivity index (χ0v) is 15.3. The van der Waals surface area contributed by atoms with Gasteiger partial charge in [-0.1, -0.05) is 5.92 Å². The molecule has 7 heteroatoms. The maximum absolute atomic E-state index is 12.0. The molecule has 1 N–H and O–H groups in total. The molecule has 1 saturated heterocycles. The molecule has 1 aliphatic rings. The molecule has 0 bridgehead atoms. The highest BCUT2D eigenvalue weighted by molar-refractivity contribution is 7.89. The average Bonchev–Trinajstić information content (AvgIpc) is 2.43. The number of nitrogens with zero attached hydrogens (tertiary/aromatic N) is 1. The Bertz CT molecular complexity index is 537. The van der Waals surface area contributed by atoms with Crippen LogP contribution >= 0.6 is 0 Å². The second-order valence-electron chi connectivity index (χ2n) is 7.02. The summed E-state index contributed by atoms with van der Waals surface area (Å²) in [6.45, 7) is 8.37. The van der Waals surface area contributed by atoms with E-state index >= 15 is 0 Å². The summed E-state index contributed by atoms with van der Waals surface area (Å²) in [4.78, 5) is 13.7. The van der Waals surface area contributed by atoms with E-state index in [4.69, 9.17) is 11.2 Å². The van der Waals surface area contributed by atoms with Crippen LogP contribution in [0.1, 0.15) is 47.0 Å². The summed E-state index contributed by atoms with van der Waals surface area (Å²) in [5, 5.41) is 0. The van der Waals surface area contributed by atoms with Crippen LogP contribution in [0.3, 0.4) is 0 Å². The van der Waals surface area contributed by atoms with Gasteiger partial charge in [0.05, 0.1) is 11.8 Å². The van der Waals surface area contributed by atoms with Gasteiger partial charge in [-0.15, -0.1) is 6.42 Å². The molecule has 1 amide bonds. The lowest BCUT2D eigenvalue weighted by molar-refractivity contribution is 0.0183. The van der Waals surface area contributed by atoms with E-state index in [9.17, 15) is 13.2 Å². The third kappa shape index (κ3) is 7.71. The molecule has 6 nitrogen and oxygen atoms in total. The maximum Gasteiger partial charge on any atom is 0.410 e. The van der Waals surface area contributed by atoms with Gasteiger partial charge < -0.3 is 9.64 Å². The Morgan fingerprint density at radius 3 is 2.43 bits per heavy atom. The monoisotopic (exact) mass is 344 g/mol. The molecule has 132 valence electrons. The van der Waals surface area contributed by atoms with Gasteiger partial charge in [0.1, 0.15) is 5.60 Å². The molecule has 0 aliphatic carbocycles. The molecule has 0 saturated carbocycles. The fourth-order valence-electron chi connectivity index (χ4n) is 2.41. The van der Waals surface area contributed by atoms with Gasteiger partial charge in [-0.3, -0.25) is 0 Å². The van der Waals surface area contributed by atoms with Crippen molar-refractivity contribution in [2.75, 3.05) is 18.8 Å². The molecule has 0 aromatic rings. The Morgan fingerprint density at radius 2 is 1.96 bits per heavy atom. The zero-order chi connectivity index (χ0) is 17.7. The smallest absolute Gasteiger partial charge is 0.410 e. The Morgan fingerprint density at radius 1 is 1.39 bits per heavy atom. The predicted molar refractivity (Wildman–Crippen MR) is 90.4 cm³/mol. The van der Waals surface area contributed by atoms with E-state index in [0.29, 0.717) is 25.4 Å². The minimum Gasteiger partial charge on any atom is -0.444 e. The number of terminal acetylenes is 1. The first-order chi connectivity index (χ1) is 10.5. The van der Waals surface area contributed by atoms with Crippen LogP contribution in [0.4, 0.5) is 4.79 Å². The molecule has 1 atom stereocenters. The van der Waals surface area contributed by atoms with Gasteiger partial charge in [0.2, 0.25) is 10.0 Å². The Labute approximate surface area is 140 Å². The molecule has 1 rings (SSSR count). The SMILES string of the molecule is C#CC(C)NS(=O)(=O)CCC1CCN(C(=O)OC(C)(C)C)CC1. The van der Waals surface area contributed by atoms with Gasteiger partial charge in [-0.05, 0) is 52.9 Å². The summed E-state index contributed by atoms with van der Waals surface area (Å²) in [7, 11) is -3.34. The van der Waals surface area contributed by atoms with Crippen molar-refractivity contribution in [2.24, 2.45) is 5.92 Å². The Hall–Kier alpha value is -1.26. The molecule has 1 fully saturated rings. The van der Waals surface area contributed by atoms with E-state index in [1.165, 1.54) is 0 Å². The van der Waals surface area contributed by atoms with Gasteiger partial charge in [0.15, 0.2) is 0 Å². The highest BCUT2D eigenvalue weighted by atomic mass is 32.2. The Kier molecular flexibility index (Phi) is 6.90. The quantitative estimate of drug-likeness (QED) is 0.774. The molecular weight excluding hydrogens is 316 g/mol. The fraction of sp³-hybridized carbons (Fsp3) is 0.812. The number of carbonyl (C=O) groups is 1. The molecule has 1 heterocycles. The first kappa shape index (κ1) is 19.8. The predicted octanol–water partition coefficient (Wildman–Crippen LogP) is 1.96. The first-order valence-electron chi connectivity index (χ1n) is 7.96. The molecule has 0 spiro atoms. The molecule has 0 aromatic heterocycles. The summed E-state index contributed by atoms with van der Waals surface area (Å²) in [6.07, 6.45) is 7.04. The number of piperidine rings is 1. The largest absolute Gasteiger partial charge is 0.444 e. The van der Waals surface area contributed by atoms with Crippen LogP contribution in [0.2, 0.25) is 0 Å². The van der Waals surface area contributed by atoms with E-state index < -0.39 is 21.7 Å². The van der Waals surface area contributed by atoms with E-state index in [0.717, 1.165) is 12.8 Å². The van der Waals surface area contributed by atoms with E-state index in [-0.39, 0.29) is 11.8 Å². The number of ether oxygens (including phenoxy) is 1. The van der Waals surface area contributed by atoms with Crippen LogP contribution in [0, 0.1) is 18.3 Å². The molecule has 1 aliphatic heterocycles. The number of likely N-dealkylation sites (tertiary alicyclic amines) is 1. The number of rotatable bonds is 5. The lowest BCUT2D eigenvalue weighted by Crippen LogP contribution is -2.42. The van der Waals surface area contributed by atoms with Crippen molar-refractivity contribution < 1.29 is 17.9 Å². The van der Waals surface area contributed by atoms with Gasteiger partial charge in [-0.25, -0.2) is 17.9 Å². The number of carbonyl (C=O) groups excluding carboxylic acids is 1. The summed E-state index contributed by atoms with van der Waals surface area (Å²) in [6, 6.07) is -0.492. The van der Waals surface area contributed by atoms with Gasteiger partial charge in [0, 0.05) is 13.1 Å². The second kappa shape index (κ2) is 8.02. The van der Waals surface area contributed by atoms with Crippen LogP contribution < -0.4 is 4.72 Å². The molecular formula is C16H28N2O4S. The molecule has 0 aromatic carbocycles. The zero-order valence-electron chi connectivity index (χ0n) is 14.5. The summed E-state index contributed by atoms with van der Waals surface area (Å²) < 4.78 is 31.6. The van der Waals surface area contributed by atoms with Crippen molar-refractivity contribution in [1.29, 1.82) is 0 Å². The van der Waals surface area contributed by atoms with Crippen molar-refractivity contribution in [2.45, 2.75) is 58.6 Å². The minimum atomic E-state index is -3.34. The number of amides is 1. The van der Waals surface area contributed by atoms with Gasteiger partial charge in [-0.2, -0.15) is 0 Å². The number of nitrogens with one attached hydrogen (secondary N) is 1. The van der Waals surface area contributed by atoms with E-state index in [2.05, 4.69) is 10.6 Å². The average molecular weight is 344 g/mol. The third-order valence-corrected chi connectivity index (χ3v) is 5.15. The number of hydrogen-bond donors (Lipinski definition) is 1.